The van der Waals surface area contributed by atoms with Crippen molar-refractivity contribution in [2.75, 3.05) is 0 Å². The van der Waals surface area contributed by atoms with Crippen LogP contribution in [-0.4, -0.2) is 9.78 Å². The third-order valence-corrected chi connectivity index (χ3v) is 2.40. The number of nitriles is 1. The molecular weight excluding hydrogens is 243 g/mol. The molecule has 0 spiro atoms. The van der Waals surface area contributed by atoms with Crippen molar-refractivity contribution in [2.24, 2.45) is 0 Å². The lowest BCUT2D eigenvalue weighted by Crippen LogP contribution is -2.14. The van der Waals surface area contributed by atoms with E-state index in [0.717, 1.165) is 16.4 Å². The highest BCUT2D eigenvalue weighted by molar-refractivity contribution is 5.42. The Kier molecular flexibility index (Phi) is 2.83. The minimum Gasteiger partial charge on any atom is -0.227 e. The fraction of sp³-hybridized carbons (Fsp3) is 0.167. The highest BCUT2D eigenvalue weighted by Gasteiger charge is 2.38. The maximum absolute atomic E-state index is 12.9. The Morgan fingerprint density at radius 1 is 1.33 bits per heavy atom. The number of halogens is 3. The van der Waals surface area contributed by atoms with Gasteiger partial charge in [-0.15, -0.1) is 0 Å². The Labute approximate surface area is 101 Å². The van der Waals surface area contributed by atoms with Gasteiger partial charge in [0.05, 0.1) is 11.9 Å². The summed E-state index contributed by atoms with van der Waals surface area (Å²) in [6, 6.07) is 7.99. The van der Waals surface area contributed by atoms with Crippen LogP contribution in [0.15, 0.2) is 30.5 Å². The van der Waals surface area contributed by atoms with Crippen molar-refractivity contribution in [3.63, 3.8) is 0 Å². The summed E-state index contributed by atoms with van der Waals surface area (Å²) in [5.41, 5.74) is -0.432. The summed E-state index contributed by atoms with van der Waals surface area (Å²) in [6.45, 7) is 1.77. The molecule has 0 fully saturated rings. The van der Waals surface area contributed by atoms with Crippen LogP contribution in [0.1, 0.15) is 16.8 Å². The van der Waals surface area contributed by atoms with Gasteiger partial charge in [0.1, 0.15) is 11.6 Å². The van der Waals surface area contributed by atoms with Crippen LogP contribution in [-0.2, 0) is 6.18 Å². The molecule has 3 nitrogen and oxygen atoms in total. The van der Waals surface area contributed by atoms with Gasteiger partial charge in [0, 0.05) is 0 Å². The molecule has 0 bridgehead atoms. The molecule has 0 atom stereocenters. The van der Waals surface area contributed by atoms with E-state index >= 15 is 0 Å². The molecule has 92 valence electrons. The number of benzene rings is 1. The fourth-order valence-corrected chi connectivity index (χ4v) is 1.66. The molecule has 1 heterocycles. The second kappa shape index (κ2) is 4.18. The SMILES string of the molecule is Cc1cccc(-n2ncc(C#N)c2C(F)(F)F)c1. The maximum Gasteiger partial charge on any atom is 0.434 e. The van der Waals surface area contributed by atoms with Crippen molar-refractivity contribution in [2.45, 2.75) is 13.1 Å². The third-order valence-electron chi connectivity index (χ3n) is 2.40. The zero-order valence-corrected chi connectivity index (χ0v) is 9.36. The lowest BCUT2D eigenvalue weighted by atomic mass is 10.2. The molecule has 2 rings (SSSR count). The summed E-state index contributed by atoms with van der Waals surface area (Å²) in [6.07, 6.45) is -3.70. The predicted octanol–water partition coefficient (Wildman–Crippen LogP) is 3.07. The van der Waals surface area contributed by atoms with Gasteiger partial charge in [-0.3, -0.25) is 0 Å². The number of aromatic nitrogens is 2. The Balaban J connectivity index is 2.67. The quantitative estimate of drug-likeness (QED) is 0.781. The van der Waals surface area contributed by atoms with Crippen molar-refractivity contribution in [1.29, 1.82) is 5.26 Å². The first-order chi connectivity index (χ1) is 8.43. The van der Waals surface area contributed by atoms with E-state index in [1.165, 1.54) is 12.1 Å². The van der Waals surface area contributed by atoms with Crippen LogP contribution in [0.4, 0.5) is 13.2 Å². The first kappa shape index (κ1) is 12.2. The number of nitrogens with zero attached hydrogens (tertiary/aromatic N) is 3. The zero-order valence-electron chi connectivity index (χ0n) is 9.36. The molecule has 1 aromatic heterocycles. The maximum atomic E-state index is 12.9. The van der Waals surface area contributed by atoms with Crippen molar-refractivity contribution in [3.05, 3.63) is 47.3 Å². The first-order valence-corrected chi connectivity index (χ1v) is 5.06. The van der Waals surface area contributed by atoms with Gasteiger partial charge in [-0.1, -0.05) is 12.1 Å². The van der Waals surface area contributed by atoms with Gasteiger partial charge in [-0.25, -0.2) is 4.68 Å². The molecule has 18 heavy (non-hydrogen) atoms. The standard InChI is InChI=1S/C12H8F3N3/c1-8-3-2-4-10(5-8)18-11(12(13,14)15)9(6-16)7-17-18/h2-5,7H,1H3. The van der Waals surface area contributed by atoms with Crippen molar-refractivity contribution < 1.29 is 13.2 Å². The molecule has 0 saturated carbocycles. The van der Waals surface area contributed by atoms with Gasteiger partial charge < -0.3 is 0 Å². The van der Waals surface area contributed by atoms with E-state index < -0.39 is 17.4 Å². The highest BCUT2D eigenvalue weighted by atomic mass is 19.4. The number of hydrogen-bond donors (Lipinski definition) is 0. The van der Waals surface area contributed by atoms with Crippen LogP contribution < -0.4 is 0 Å². The van der Waals surface area contributed by atoms with E-state index in [9.17, 15) is 13.2 Å². The third kappa shape index (κ3) is 2.07. The Hall–Kier alpha value is -2.29. The molecule has 0 aliphatic rings. The second-order valence-corrected chi connectivity index (χ2v) is 3.77. The second-order valence-electron chi connectivity index (χ2n) is 3.77. The summed E-state index contributed by atoms with van der Waals surface area (Å²) >= 11 is 0. The average molecular weight is 251 g/mol. The number of alkyl halides is 3. The van der Waals surface area contributed by atoms with Crippen LogP contribution in [0.3, 0.4) is 0 Å². The summed E-state index contributed by atoms with van der Waals surface area (Å²) in [7, 11) is 0. The van der Waals surface area contributed by atoms with Crippen LogP contribution in [0.5, 0.6) is 0 Å². The molecule has 0 unspecified atom stereocenters. The first-order valence-electron chi connectivity index (χ1n) is 5.06. The summed E-state index contributed by atoms with van der Waals surface area (Å²) in [5, 5.41) is 12.3. The smallest absolute Gasteiger partial charge is 0.227 e. The minimum atomic E-state index is -4.62. The van der Waals surface area contributed by atoms with Gasteiger partial charge >= 0.3 is 6.18 Å². The van der Waals surface area contributed by atoms with Crippen LogP contribution in [0.25, 0.3) is 5.69 Å². The monoisotopic (exact) mass is 251 g/mol. The molecular formula is C12H8F3N3. The van der Waals surface area contributed by atoms with E-state index in [1.807, 2.05) is 0 Å². The zero-order chi connectivity index (χ0) is 13.3. The Morgan fingerprint density at radius 3 is 2.61 bits per heavy atom. The molecule has 0 aliphatic carbocycles. The molecule has 0 amide bonds. The van der Waals surface area contributed by atoms with Gasteiger partial charge in [0.2, 0.25) is 0 Å². The molecule has 2 aromatic rings. The molecule has 0 radical (unpaired) electrons. The molecule has 1 aromatic carbocycles. The number of aryl methyl sites for hydroxylation is 1. The highest BCUT2D eigenvalue weighted by Crippen LogP contribution is 2.33. The Bertz CT molecular complexity index is 620. The molecule has 6 heteroatoms. The lowest BCUT2D eigenvalue weighted by Gasteiger charge is -2.11. The van der Waals surface area contributed by atoms with Crippen molar-refractivity contribution >= 4 is 0 Å². The topological polar surface area (TPSA) is 41.6 Å². The van der Waals surface area contributed by atoms with Gasteiger partial charge in [0.15, 0.2) is 5.69 Å². The number of hydrogen-bond acceptors (Lipinski definition) is 2. The molecule has 0 N–H and O–H groups in total. The minimum absolute atomic E-state index is 0.281. The molecule has 0 aliphatic heterocycles. The predicted molar refractivity (Wildman–Crippen MR) is 58.0 cm³/mol. The average Bonchev–Trinajstić information content (AvgIpc) is 2.72. The normalized spacial score (nSPS) is 11.3. The van der Waals surface area contributed by atoms with E-state index in [2.05, 4.69) is 5.10 Å². The summed E-state index contributed by atoms with van der Waals surface area (Å²) in [4.78, 5) is 0. The lowest BCUT2D eigenvalue weighted by molar-refractivity contribution is -0.143. The summed E-state index contributed by atoms with van der Waals surface area (Å²) < 4.78 is 39.5. The van der Waals surface area contributed by atoms with Gasteiger partial charge in [-0.2, -0.15) is 23.5 Å². The van der Waals surface area contributed by atoms with Gasteiger partial charge in [0.25, 0.3) is 0 Å². The van der Waals surface area contributed by atoms with Crippen LogP contribution in [0, 0.1) is 18.3 Å². The van der Waals surface area contributed by atoms with Crippen LogP contribution >= 0.6 is 0 Å². The van der Waals surface area contributed by atoms with E-state index in [-0.39, 0.29) is 5.69 Å². The van der Waals surface area contributed by atoms with E-state index in [1.54, 1.807) is 25.1 Å². The van der Waals surface area contributed by atoms with E-state index in [0.29, 0.717) is 0 Å². The fourth-order valence-electron chi connectivity index (χ4n) is 1.66. The largest absolute Gasteiger partial charge is 0.434 e. The van der Waals surface area contributed by atoms with E-state index in [4.69, 9.17) is 5.26 Å². The Morgan fingerprint density at radius 2 is 2.06 bits per heavy atom. The van der Waals surface area contributed by atoms with Crippen molar-refractivity contribution in [1.82, 2.24) is 9.78 Å². The van der Waals surface area contributed by atoms with Crippen molar-refractivity contribution in [3.8, 4) is 11.8 Å². The molecule has 0 saturated heterocycles. The number of rotatable bonds is 1. The summed E-state index contributed by atoms with van der Waals surface area (Å²) in [5.74, 6) is 0. The van der Waals surface area contributed by atoms with Crippen LogP contribution in [0.2, 0.25) is 0 Å². The van der Waals surface area contributed by atoms with Gasteiger partial charge in [-0.05, 0) is 24.6 Å².